The normalized spacial score (nSPS) is 15.5. The molecule has 128 valence electrons. The van der Waals surface area contributed by atoms with E-state index in [1.165, 1.54) is 6.33 Å². The van der Waals surface area contributed by atoms with Gasteiger partial charge in [-0.05, 0) is 31.0 Å². The number of aromatic nitrogens is 3. The Balaban J connectivity index is 1.38. The van der Waals surface area contributed by atoms with Gasteiger partial charge in [-0.3, -0.25) is 4.79 Å². The van der Waals surface area contributed by atoms with Crippen molar-refractivity contribution in [1.82, 2.24) is 20.3 Å². The van der Waals surface area contributed by atoms with E-state index < -0.39 is 0 Å². The minimum atomic E-state index is -0.169. The zero-order chi connectivity index (χ0) is 17.2. The Morgan fingerprint density at radius 2 is 2.12 bits per heavy atom. The number of benzene rings is 1. The van der Waals surface area contributed by atoms with Crippen LogP contribution >= 0.6 is 11.6 Å². The predicted octanol–water partition coefficient (Wildman–Crippen LogP) is 2.67. The summed E-state index contributed by atoms with van der Waals surface area (Å²) < 4.78 is 5.80. The van der Waals surface area contributed by atoms with Gasteiger partial charge in [0, 0.05) is 36.4 Å². The first-order valence-corrected chi connectivity index (χ1v) is 8.45. The molecule has 0 aliphatic carbocycles. The molecule has 2 aromatic heterocycles. The lowest BCUT2D eigenvalue weighted by atomic mass is 10.1. The van der Waals surface area contributed by atoms with Gasteiger partial charge in [0.05, 0.1) is 0 Å². The SMILES string of the molecule is O=C(NC1CCN(c2nc3ccc(Cl)cc3o2)CC1)c1ccncn1. The van der Waals surface area contributed by atoms with Gasteiger partial charge in [-0.25, -0.2) is 9.97 Å². The molecule has 1 aliphatic rings. The van der Waals surface area contributed by atoms with Crippen LogP contribution in [0.25, 0.3) is 11.1 Å². The molecule has 3 aromatic rings. The van der Waals surface area contributed by atoms with Crippen LogP contribution in [-0.2, 0) is 0 Å². The molecule has 1 saturated heterocycles. The summed E-state index contributed by atoms with van der Waals surface area (Å²) in [6, 6.07) is 7.72. The van der Waals surface area contributed by atoms with E-state index in [4.69, 9.17) is 16.0 Å². The van der Waals surface area contributed by atoms with Crippen molar-refractivity contribution in [3.05, 3.63) is 47.5 Å². The third kappa shape index (κ3) is 3.41. The molecule has 0 unspecified atom stereocenters. The van der Waals surface area contributed by atoms with Crippen LogP contribution in [0.3, 0.4) is 0 Å². The van der Waals surface area contributed by atoms with Gasteiger partial charge in [-0.2, -0.15) is 4.98 Å². The zero-order valence-electron chi connectivity index (χ0n) is 13.4. The van der Waals surface area contributed by atoms with Crippen LogP contribution in [-0.4, -0.2) is 40.0 Å². The lowest BCUT2D eigenvalue weighted by molar-refractivity contribution is 0.0925. The summed E-state index contributed by atoms with van der Waals surface area (Å²) in [5.74, 6) is -0.169. The Bertz CT molecular complexity index is 890. The molecule has 4 rings (SSSR count). The molecule has 7 nitrogen and oxygen atoms in total. The fraction of sp³-hybridized carbons (Fsp3) is 0.294. The molecule has 1 aromatic carbocycles. The van der Waals surface area contributed by atoms with Gasteiger partial charge in [0.1, 0.15) is 17.5 Å². The summed E-state index contributed by atoms with van der Waals surface area (Å²) in [7, 11) is 0. The second-order valence-electron chi connectivity index (χ2n) is 5.94. The number of amides is 1. The van der Waals surface area contributed by atoms with Gasteiger partial charge >= 0.3 is 0 Å². The highest BCUT2D eigenvalue weighted by atomic mass is 35.5. The topological polar surface area (TPSA) is 84.2 Å². The van der Waals surface area contributed by atoms with Crippen LogP contribution < -0.4 is 10.2 Å². The van der Waals surface area contributed by atoms with E-state index in [9.17, 15) is 4.79 Å². The quantitative estimate of drug-likeness (QED) is 0.775. The molecule has 0 spiro atoms. The molecular formula is C17H16ClN5O2. The predicted molar refractivity (Wildman–Crippen MR) is 93.8 cm³/mol. The maximum Gasteiger partial charge on any atom is 0.298 e. The van der Waals surface area contributed by atoms with E-state index in [1.807, 2.05) is 6.07 Å². The van der Waals surface area contributed by atoms with Crippen molar-refractivity contribution in [2.45, 2.75) is 18.9 Å². The Morgan fingerprint density at radius 1 is 1.28 bits per heavy atom. The van der Waals surface area contributed by atoms with Crippen molar-refractivity contribution in [3.63, 3.8) is 0 Å². The van der Waals surface area contributed by atoms with E-state index in [1.54, 1.807) is 24.4 Å². The first-order valence-electron chi connectivity index (χ1n) is 8.07. The Kier molecular flexibility index (Phi) is 4.23. The molecule has 0 atom stereocenters. The number of carbonyl (C=O) groups is 1. The maximum atomic E-state index is 12.2. The monoisotopic (exact) mass is 357 g/mol. The van der Waals surface area contributed by atoms with Crippen molar-refractivity contribution in [2.75, 3.05) is 18.0 Å². The van der Waals surface area contributed by atoms with Gasteiger partial charge in [0.25, 0.3) is 11.9 Å². The van der Waals surface area contributed by atoms with Crippen LogP contribution in [0, 0.1) is 0 Å². The number of carbonyl (C=O) groups excluding carboxylic acids is 1. The molecule has 1 fully saturated rings. The summed E-state index contributed by atoms with van der Waals surface area (Å²) >= 11 is 5.98. The minimum absolute atomic E-state index is 0.109. The van der Waals surface area contributed by atoms with Crippen LogP contribution in [0.15, 0.2) is 41.2 Å². The van der Waals surface area contributed by atoms with Crippen molar-refractivity contribution in [3.8, 4) is 0 Å². The fourth-order valence-corrected chi connectivity index (χ4v) is 3.08. The van der Waals surface area contributed by atoms with Crippen molar-refractivity contribution in [1.29, 1.82) is 0 Å². The average Bonchev–Trinajstić information content (AvgIpc) is 3.06. The number of piperidine rings is 1. The number of rotatable bonds is 3. The van der Waals surface area contributed by atoms with Crippen LogP contribution in [0.1, 0.15) is 23.3 Å². The highest BCUT2D eigenvalue weighted by Gasteiger charge is 2.24. The van der Waals surface area contributed by atoms with Gasteiger partial charge in [-0.1, -0.05) is 11.6 Å². The van der Waals surface area contributed by atoms with Crippen molar-refractivity contribution in [2.24, 2.45) is 0 Å². The standard InChI is InChI=1S/C17H16ClN5O2/c18-11-1-2-13-15(9-11)25-17(22-13)23-7-4-12(5-8-23)21-16(24)14-3-6-19-10-20-14/h1-3,6,9-10,12H,4-5,7-8H2,(H,21,24). The number of anilines is 1. The lowest BCUT2D eigenvalue weighted by Gasteiger charge is -2.31. The molecule has 0 radical (unpaired) electrons. The van der Waals surface area contributed by atoms with E-state index in [2.05, 4.69) is 25.2 Å². The Morgan fingerprint density at radius 3 is 2.88 bits per heavy atom. The average molecular weight is 358 g/mol. The molecule has 1 amide bonds. The number of fused-ring (bicyclic) bond motifs is 1. The number of oxazole rings is 1. The second-order valence-corrected chi connectivity index (χ2v) is 6.37. The van der Waals surface area contributed by atoms with E-state index in [-0.39, 0.29) is 11.9 Å². The molecule has 25 heavy (non-hydrogen) atoms. The summed E-state index contributed by atoms with van der Waals surface area (Å²) in [5.41, 5.74) is 1.86. The molecule has 1 N–H and O–H groups in total. The van der Waals surface area contributed by atoms with Gasteiger partial charge < -0.3 is 14.6 Å². The van der Waals surface area contributed by atoms with Crippen molar-refractivity contribution >= 4 is 34.6 Å². The lowest BCUT2D eigenvalue weighted by Crippen LogP contribution is -2.45. The summed E-state index contributed by atoms with van der Waals surface area (Å²) in [6.07, 6.45) is 4.56. The van der Waals surface area contributed by atoms with Gasteiger partial charge in [0.15, 0.2) is 5.58 Å². The first kappa shape index (κ1) is 15.8. The highest BCUT2D eigenvalue weighted by molar-refractivity contribution is 6.31. The summed E-state index contributed by atoms with van der Waals surface area (Å²) in [6.45, 7) is 1.52. The van der Waals surface area contributed by atoms with Gasteiger partial charge in [0.2, 0.25) is 0 Å². The first-order chi connectivity index (χ1) is 12.2. The van der Waals surface area contributed by atoms with E-state index in [0.29, 0.717) is 22.3 Å². The molecule has 0 bridgehead atoms. The summed E-state index contributed by atoms with van der Waals surface area (Å²) in [5, 5.41) is 3.64. The molecular weight excluding hydrogens is 342 g/mol. The second kappa shape index (κ2) is 6.68. The van der Waals surface area contributed by atoms with Crippen LogP contribution in [0.2, 0.25) is 5.02 Å². The number of halogens is 1. The number of hydrogen-bond acceptors (Lipinski definition) is 6. The smallest absolute Gasteiger partial charge is 0.298 e. The third-order valence-electron chi connectivity index (χ3n) is 4.25. The van der Waals surface area contributed by atoms with E-state index in [0.717, 1.165) is 31.4 Å². The largest absolute Gasteiger partial charge is 0.423 e. The molecule has 3 heterocycles. The van der Waals surface area contributed by atoms with Gasteiger partial charge in [-0.15, -0.1) is 0 Å². The Labute approximate surface area is 149 Å². The molecule has 1 aliphatic heterocycles. The van der Waals surface area contributed by atoms with Crippen LogP contribution in [0.4, 0.5) is 6.01 Å². The van der Waals surface area contributed by atoms with Crippen LogP contribution in [0.5, 0.6) is 0 Å². The third-order valence-corrected chi connectivity index (χ3v) is 4.49. The zero-order valence-corrected chi connectivity index (χ0v) is 14.1. The number of nitrogens with one attached hydrogen (secondary N) is 1. The molecule has 0 saturated carbocycles. The minimum Gasteiger partial charge on any atom is -0.423 e. The molecule has 8 heteroatoms. The number of nitrogens with zero attached hydrogens (tertiary/aromatic N) is 4. The summed E-state index contributed by atoms with van der Waals surface area (Å²) in [4.78, 5) is 26.5. The Hall–Kier alpha value is -2.67. The fourth-order valence-electron chi connectivity index (χ4n) is 2.92. The maximum absolute atomic E-state index is 12.2. The van der Waals surface area contributed by atoms with E-state index >= 15 is 0 Å². The highest BCUT2D eigenvalue weighted by Crippen LogP contribution is 2.26. The number of hydrogen-bond donors (Lipinski definition) is 1. The van der Waals surface area contributed by atoms with Crippen molar-refractivity contribution < 1.29 is 9.21 Å².